The molecule has 2 saturated heterocycles. The summed E-state index contributed by atoms with van der Waals surface area (Å²) in [6.07, 6.45) is 3.29. The summed E-state index contributed by atoms with van der Waals surface area (Å²) in [5, 5.41) is 3.30. The minimum Gasteiger partial charge on any atom is -0.497 e. The third kappa shape index (κ3) is 5.84. The van der Waals surface area contributed by atoms with Gasteiger partial charge in [0.05, 0.1) is 13.0 Å². The molecule has 0 saturated carbocycles. The van der Waals surface area contributed by atoms with Gasteiger partial charge < -0.3 is 19.9 Å². The summed E-state index contributed by atoms with van der Waals surface area (Å²) in [5.74, 6) is 1.37. The SMILES string of the molecule is COc1ccc(CCC(=O)N2CCN(C(=O)C3CCCNC3)CC2)cc1.Cl. The van der Waals surface area contributed by atoms with Crippen LogP contribution in [0.3, 0.4) is 0 Å². The Hall–Kier alpha value is -1.79. The Bertz CT molecular complexity index is 609. The highest BCUT2D eigenvalue weighted by Crippen LogP contribution is 2.16. The molecular weight excluding hydrogens is 366 g/mol. The molecule has 0 aromatic heterocycles. The minimum absolute atomic E-state index is 0. The van der Waals surface area contributed by atoms with Gasteiger partial charge in [0.2, 0.25) is 11.8 Å². The number of hydrogen-bond acceptors (Lipinski definition) is 4. The van der Waals surface area contributed by atoms with E-state index in [1.165, 1.54) is 0 Å². The van der Waals surface area contributed by atoms with E-state index in [9.17, 15) is 9.59 Å². The first-order valence-corrected chi connectivity index (χ1v) is 9.57. The van der Waals surface area contributed by atoms with Crippen molar-refractivity contribution in [3.8, 4) is 5.75 Å². The predicted molar refractivity (Wildman–Crippen MR) is 107 cm³/mol. The molecule has 3 rings (SSSR count). The van der Waals surface area contributed by atoms with Crippen molar-refractivity contribution >= 4 is 24.2 Å². The normalized spacial score (nSPS) is 20.0. The van der Waals surface area contributed by atoms with Crippen molar-refractivity contribution in [3.63, 3.8) is 0 Å². The van der Waals surface area contributed by atoms with Gasteiger partial charge >= 0.3 is 0 Å². The van der Waals surface area contributed by atoms with Crippen LogP contribution in [0.4, 0.5) is 0 Å². The second-order valence-corrected chi connectivity index (χ2v) is 7.10. The molecule has 0 aliphatic carbocycles. The third-order valence-corrected chi connectivity index (χ3v) is 5.38. The Balaban J connectivity index is 0.00000261. The van der Waals surface area contributed by atoms with E-state index in [0.29, 0.717) is 32.6 Å². The highest BCUT2D eigenvalue weighted by molar-refractivity contribution is 5.85. The van der Waals surface area contributed by atoms with Gasteiger partial charge in [-0.1, -0.05) is 12.1 Å². The van der Waals surface area contributed by atoms with Gasteiger partial charge in [0, 0.05) is 39.1 Å². The number of piperazine rings is 1. The fourth-order valence-electron chi connectivity index (χ4n) is 3.70. The quantitative estimate of drug-likeness (QED) is 0.824. The van der Waals surface area contributed by atoms with Crippen LogP contribution in [0.2, 0.25) is 0 Å². The van der Waals surface area contributed by atoms with Crippen molar-refractivity contribution in [2.45, 2.75) is 25.7 Å². The summed E-state index contributed by atoms with van der Waals surface area (Å²) in [7, 11) is 1.65. The molecule has 2 aliphatic rings. The van der Waals surface area contributed by atoms with E-state index in [2.05, 4.69) is 5.32 Å². The number of rotatable bonds is 5. The standard InChI is InChI=1S/C20H29N3O3.ClH/c1-26-18-7-4-16(5-8-18)6-9-19(24)22-11-13-23(14-12-22)20(25)17-3-2-10-21-15-17;/h4-5,7-8,17,21H,2-3,6,9-15H2,1H3;1H. The fraction of sp³-hybridized carbons (Fsp3) is 0.600. The molecule has 2 fully saturated rings. The van der Waals surface area contributed by atoms with E-state index in [0.717, 1.165) is 43.7 Å². The number of amides is 2. The topological polar surface area (TPSA) is 61.9 Å². The van der Waals surface area contributed by atoms with E-state index >= 15 is 0 Å². The Morgan fingerprint density at radius 3 is 2.37 bits per heavy atom. The maximum atomic E-state index is 12.6. The second-order valence-electron chi connectivity index (χ2n) is 7.10. The summed E-state index contributed by atoms with van der Waals surface area (Å²) in [6.45, 7) is 4.41. The Labute approximate surface area is 167 Å². The van der Waals surface area contributed by atoms with Crippen molar-refractivity contribution in [1.29, 1.82) is 0 Å². The zero-order chi connectivity index (χ0) is 18.4. The molecular formula is C20H30ClN3O3. The largest absolute Gasteiger partial charge is 0.497 e. The van der Waals surface area contributed by atoms with Crippen LogP contribution in [0, 0.1) is 5.92 Å². The van der Waals surface area contributed by atoms with E-state index in [1.54, 1.807) is 7.11 Å². The number of hydrogen-bond donors (Lipinski definition) is 1. The summed E-state index contributed by atoms with van der Waals surface area (Å²) in [4.78, 5) is 28.9. The molecule has 1 aromatic carbocycles. The Kier molecular flexibility index (Phi) is 8.38. The number of aryl methyl sites for hydroxylation is 1. The summed E-state index contributed by atoms with van der Waals surface area (Å²) >= 11 is 0. The number of carbonyl (C=O) groups is 2. The number of methoxy groups -OCH3 is 1. The highest BCUT2D eigenvalue weighted by atomic mass is 35.5. The smallest absolute Gasteiger partial charge is 0.227 e. The number of benzene rings is 1. The van der Waals surface area contributed by atoms with Gasteiger partial charge in [0.25, 0.3) is 0 Å². The number of nitrogens with zero attached hydrogens (tertiary/aromatic N) is 2. The van der Waals surface area contributed by atoms with Crippen LogP contribution in [0.5, 0.6) is 5.75 Å². The maximum absolute atomic E-state index is 12.6. The van der Waals surface area contributed by atoms with Gasteiger partial charge in [-0.25, -0.2) is 0 Å². The molecule has 2 heterocycles. The number of carbonyl (C=O) groups excluding carboxylic acids is 2. The van der Waals surface area contributed by atoms with Crippen LogP contribution in [-0.2, 0) is 16.0 Å². The van der Waals surface area contributed by atoms with Gasteiger partial charge in [-0.15, -0.1) is 12.4 Å². The van der Waals surface area contributed by atoms with Crippen molar-refractivity contribution < 1.29 is 14.3 Å². The molecule has 0 bridgehead atoms. The van der Waals surface area contributed by atoms with Crippen LogP contribution >= 0.6 is 12.4 Å². The molecule has 6 nitrogen and oxygen atoms in total. The highest BCUT2D eigenvalue weighted by Gasteiger charge is 2.29. The second kappa shape index (κ2) is 10.5. The zero-order valence-electron chi connectivity index (χ0n) is 16.0. The maximum Gasteiger partial charge on any atom is 0.227 e. The van der Waals surface area contributed by atoms with Crippen LogP contribution in [-0.4, -0.2) is 68.0 Å². The molecule has 2 amide bonds. The molecule has 1 unspecified atom stereocenters. The van der Waals surface area contributed by atoms with Crippen molar-refractivity contribution in [2.75, 3.05) is 46.4 Å². The lowest BCUT2D eigenvalue weighted by Gasteiger charge is -2.37. The van der Waals surface area contributed by atoms with Gasteiger partial charge in [0.15, 0.2) is 0 Å². The van der Waals surface area contributed by atoms with Crippen LogP contribution < -0.4 is 10.1 Å². The predicted octanol–water partition coefficient (Wildman–Crippen LogP) is 1.72. The Morgan fingerprint density at radius 2 is 1.78 bits per heavy atom. The summed E-state index contributed by atoms with van der Waals surface area (Å²) in [5.41, 5.74) is 1.14. The number of nitrogens with one attached hydrogen (secondary N) is 1. The van der Waals surface area contributed by atoms with Crippen molar-refractivity contribution in [1.82, 2.24) is 15.1 Å². The molecule has 0 radical (unpaired) electrons. The zero-order valence-corrected chi connectivity index (χ0v) is 16.8. The molecule has 1 N–H and O–H groups in total. The van der Waals surface area contributed by atoms with Crippen LogP contribution in [0.15, 0.2) is 24.3 Å². The molecule has 1 aromatic rings. The third-order valence-electron chi connectivity index (χ3n) is 5.38. The van der Waals surface area contributed by atoms with Crippen molar-refractivity contribution in [2.24, 2.45) is 5.92 Å². The van der Waals surface area contributed by atoms with Crippen LogP contribution in [0.25, 0.3) is 0 Å². The first-order chi connectivity index (χ1) is 12.7. The lowest BCUT2D eigenvalue weighted by molar-refractivity contribution is -0.142. The first kappa shape index (κ1) is 21.5. The van der Waals surface area contributed by atoms with Gasteiger partial charge in [-0.2, -0.15) is 0 Å². The van der Waals surface area contributed by atoms with Crippen molar-refractivity contribution in [3.05, 3.63) is 29.8 Å². The van der Waals surface area contributed by atoms with E-state index in [4.69, 9.17) is 4.74 Å². The van der Waals surface area contributed by atoms with E-state index in [-0.39, 0.29) is 30.1 Å². The lowest BCUT2D eigenvalue weighted by Crippen LogP contribution is -2.53. The molecule has 7 heteroatoms. The van der Waals surface area contributed by atoms with E-state index in [1.807, 2.05) is 34.1 Å². The molecule has 27 heavy (non-hydrogen) atoms. The molecule has 1 atom stereocenters. The van der Waals surface area contributed by atoms with Gasteiger partial charge in [-0.05, 0) is 43.5 Å². The Morgan fingerprint density at radius 1 is 1.11 bits per heavy atom. The number of piperidine rings is 1. The van der Waals surface area contributed by atoms with E-state index < -0.39 is 0 Å². The average molecular weight is 396 g/mol. The van der Waals surface area contributed by atoms with Gasteiger partial charge in [0.1, 0.15) is 5.75 Å². The summed E-state index contributed by atoms with van der Waals surface area (Å²) in [6, 6.07) is 7.84. The molecule has 0 spiro atoms. The van der Waals surface area contributed by atoms with Crippen LogP contribution in [0.1, 0.15) is 24.8 Å². The summed E-state index contributed by atoms with van der Waals surface area (Å²) < 4.78 is 5.15. The fourth-order valence-corrected chi connectivity index (χ4v) is 3.70. The average Bonchev–Trinajstić information content (AvgIpc) is 2.72. The monoisotopic (exact) mass is 395 g/mol. The molecule has 2 aliphatic heterocycles. The number of halogens is 1. The lowest BCUT2D eigenvalue weighted by atomic mass is 9.98. The van der Waals surface area contributed by atoms with Gasteiger partial charge in [-0.3, -0.25) is 9.59 Å². The minimum atomic E-state index is 0. The molecule has 150 valence electrons. The first-order valence-electron chi connectivity index (χ1n) is 9.57. The number of ether oxygens (including phenoxy) is 1.